The Kier molecular flexibility index (Phi) is 2.90. The maximum atomic E-state index is 12.1. The topological polar surface area (TPSA) is 56.3 Å². The summed E-state index contributed by atoms with van der Waals surface area (Å²) in [6.07, 6.45) is 3.10. The number of ether oxygens (including phenoxy) is 1. The molecular formula is C13H13NO3. The molecule has 0 unspecified atom stereocenters. The molecule has 0 aliphatic carbocycles. The highest BCUT2D eigenvalue weighted by molar-refractivity contribution is 6.26. The van der Waals surface area contributed by atoms with Gasteiger partial charge >= 0.3 is 0 Å². The average molecular weight is 231 g/mol. The van der Waals surface area contributed by atoms with Crippen LogP contribution < -0.4 is 0 Å². The van der Waals surface area contributed by atoms with E-state index < -0.39 is 5.60 Å². The van der Waals surface area contributed by atoms with E-state index in [2.05, 4.69) is 4.98 Å². The highest BCUT2D eigenvalue weighted by atomic mass is 16.5. The van der Waals surface area contributed by atoms with Crippen molar-refractivity contribution in [2.45, 2.75) is 19.4 Å². The van der Waals surface area contributed by atoms with E-state index in [-0.39, 0.29) is 29.4 Å². The normalized spacial score (nSPS) is 18.7. The molecule has 2 heterocycles. The molecule has 0 saturated heterocycles. The van der Waals surface area contributed by atoms with Gasteiger partial charge in [0.05, 0.1) is 11.2 Å². The molecule has 0 atom stereocenters. The number of nitrogens with zero attached hydrogens (tertiary/aromatic N) is 1. The van der Waals surface area contributed by atoms with Gasteiger partial charge in [-0.2, -0.15) is 0 Å². The zero-order valence-electron chi connectivity index (χ0n) is 9.77. The summed E-state index contributed by atoms with van der Waals surface area (Å²) in [5.74, 6) is -0.632. The van der Waals surface area contributed by atoms with Crippen LogP contribution in [0, 0.1) is 0 Å². The predicted octanol–water partition coefficient (Wildman–Crippen LogP) is 1.57. The molecule has 0 fully saturated rings. The summed E-state index contributed by atoms with van der Waals surface area (Å²) in [5.41, 5.74) is -0.141. The molecule has 2 rings (SSSR count). The Balaban J connectivity index is 2.37. The Labute approximate surface area is 99.3 Å². The Bertz CT molecular complexity index is 489. The predicted molar refractivity (Wildman–Crippen MR) is 61.7 cm³/mol. The quantitative estimate of drug-likeness (QED) is 0.572. The van der Waals surface area contributed by atoms with Crippen LogP contribution in [0.25, 0.3) is 0 Å². The second kappa shape index (κ2) is 4.22. The van der Waals surface area contributed by atoms with Crippen molar-refractivity contribution < 1.29 is 14.3 Å². The molecule has 0 aromatic carbocycles. The molecule has 1 aromatic heterocycles. The maximum absolute atomic E-state index is 12.1. The Morgan fingerprint density at radius 1 is 1.41 bits per heavy atom. The van der Waals surface area contributed by atoms with E-state index in [0.717, 1.165) is 0 Å². The number of pyridine rings is 1. The van der Waals surface area contributed by atoms with Crippen LogP contribution in [0.15, 0.2) is 36.0 Å². The lowest BCUT2D eigenvalue weighted by atomic mass is 9.95. The summed E-state index contributed by atoms with van der Waals surface area (Å²) in [5, 5.41) is 0. The zero-order chi connectivity index (χ0) is 12.5. The first-order valence-electron chi connectivity index (χ1n) is 5.35. The van der Waals surface area contributed by atoms with Crippen molar-refractivity contribution in [3.05, 3.63) is 41.7 Å². The lowest BCUT2D eigenvalue weighted by Gasteiger charge is -2.26. The van der Waals surface area contributed by atoms with Gasteiger partial charge in [0, 0.05) is 6.20 Å². The first kappa shape index (κ1) is 11.7. The minimum absolute atomic E-state index is 0.0581. The van der Waals surface area contributed by atoms with Crippen molar-refractivity contribution in [3.63, 3.8) is 0 Å². The summed E-state index contributed by atoms with van der Waals surface area (Å²) in [7, 11) is 0. The molecule has 0 N–H and O–H groups in total. The molecule has 1 aliphatic heterocycles. The van der Waals surface area contributed by atoms with Crippen LogP contribution in [-0.2, 0) is 9.53 Å². The van der Waals surface area contributed by atoms with Gasteiger partial charge in [-0.05, 0) is 32.1 Å². The van der Waals surface area contributed by atoms with Crippen LogP contribution in [-0.4, -0.2) is 28.8 Å². The van der Waals surface area contributed by atoms with Crippen LogP contribution >= 0.6 is 0 Å². The van der Waals surface area contributed by atoms with E-state index in [1.54, 1.807) is 24.3 Å². The van der Waals surface area contributed by atoms with Gasteiger partial charge in [0.25, 0.3) is 0 Å². The number of hydrogen-bond acceptors (Lipinski definition) is 4. The van der Waals surface area contributed by atoms with Gasteiger partial charge in [0.2, 0.25) is 5.78 Å². The number of rotatable bonds is 2. The monoisotopic (exact) mass is 231 g/mol. The van der Waals surface area contributed by atoms with Gasteiger partial charge in [0.1, 0.15) is 12.3 Å². The summed E-state index contributed by atoms with van der Waals surface area (Å²) >= 11 is 0. The third-order valence-corrected chi connectivity index (χ3v) is 2.51. The molecule has 4 nitrogen and oxygen atoms in total. The van der Waals surface area contributed by atoms with Crippen LogP contribution in [0.1, 0.15) is 24.3 Å². The summed E-state index contributed by atoms with van der Waals surface area (Å²) in [4.78, 5) is 27.7. The van der Waals surface area contributed by atoms with Crippen molar-refractivity contribution in [2.24, 2.45) is 0 Å². The van der Waals surface area contributed by atoms with Crippen molar-refractivity contribution in [1.82, 2.24) is 4.98 Å². The highest BCUT2D eigenvalue weighted by Gasteiger charge is 2.31. The Morgan fingerprint density at radius 2 is 2.18 bits per heavy atom. The SMILES string of the molecule is CC1(C)C=C(C(=O)c2ccccn2)C(=O)CO1. The van der Waals surface area contributed by atoms with E-state index in [0.29, 0.717) is 0 Å². The minimum atomic E-state index is -0.590. The Hall–Kier alpha value is -1.81. The van der Waals surface area contributed by atoms with Crippen LogP contribution in [0.5, 0.6) is 0 Å². The van der Waals surface area contributed by atoms with E-state index in [1.807, 2.05) is 13.8 Å². The number of carbonyl (C=O) groups is 2. The van der Waals surface area contributed by atoms with Crippen LogP contribution in [0.2, 0.25) is 0 Å². The molecule has 0 saturated carbocycles. The highest BCUT2D eigenvalue weighted by Crippen LogP contribution is 2.22. The molecule has 0 radical (unpaired) electrons. The third kappa shape index (κ3) is 2.47. The van der Waals surface area contributed by atoms with Crippen molar-refractivity contribution in [3.8, 4) is 0 Å². The van der Waals surface area contributed by atoms with Gasteiger partial charge < -0.3 is 4.74 Å². The molecule has 0 amide bonds. The molecule has 4 heteroatoms. The molecule has 1 aliphatic rings. The van der Waals surface area contributed by atoms with Crippen LogP contribution in [0.4, 0.5) is 0 Å². The first-order valence-corrected chi connectivity index (χ1v) is 5.35. The fourth-order valence-electron chi connectivity index (χ4n) is 1.63. The molecule has 17 heavy (non-hydrogen) atoms. The van der Waals surface area contributed by atoms with Gasteiger partial charge in [0.15, 0.2) is 5.78 Å². The second-order valence-electron chi connectivity index (χ2n) is 4.42. The zero-order valence-corrected chi connectivity index (χ0v) is 9.77. The molecule has 0 spiro atoms. The van der Waals surface area contributed by atoms with E-state index in [9.17, 15) is 9.59 Å². The van der Waals surface area contributed by atoms with Crippen molar-refractivity contribution in [1.29, 1.82) is 0 Å². The van der Waals surface area contributed by atoms with Crippen molar-refractivity contribution in [2.75, 3.05) is 6.61 Å². The smallest absolute Gasteiger partial charge is 0.214 e. The number of aromatic nitrogens is 1. The standard InChI is InChI=1S/C13H13NO3/c1-13(2)7-9(11(15)8-17-13)12(16)10-5-3-4-6-14-10/h3-7H,8H2,1-2H3. The fraction of sp³-hybridized carbons (Fsp3) is 0.308. The third-order valence-electron chi connectivity index (χ3n) is 2.51. The molecule has 0 bridgehead atoms. The molecule has 1 aromatic rings. The number of ketones is 2. The number of carbonyl (C=O) groups excluding carboxylic acids is 2. The van der Waals surface area contributed by atoms with Crippen LogP contribution in [0.3, 0.4) is 0 Å². The summed E-state index contributed by atoms with van der Waals surface area (Å²) in [6.45, 7) is 3.56. The van der Waals surface area contributed by atoms with Crippen molar-refractivity contribution >= 4 is 11.6 Å². The maximum Gasteiger partial charge on any atom is 0.214 e. The molecule has 88 valence electrons. The van der Waals surface area contributed by atoms with E-state index in [4.69, 9.17) is 4.74 Å². The summed E-state index contributed by atoms with van der Waals surface area (Å²) in [6, 6.07) is 5.04. The lowest BCUT2D eigenvalue weighted by Crippen LogP contribution is -2.34. The minimum Gasteiger partial charge on any atom is -0.363 e. The van der Waals surface area contributed by atoms with Gasteiger partial charge in [-0.15, -0.1) is 0 Å². The lowest BCUT2D eigenvalue weighted by molar-refractivity contribution is -0.125. The molecular weight excluding hydrogens is 218 g/mol. The number of Topliss-reactive ketones (excluding diaryl/α,β-unsaturated/α-hetero) is 2. The number of hydrogen-bond donors (Lipinski definition) is 0. The fourth-order valence-corrected chi connectivity index (χ4v) is 1.63. The largest absolute Gasteiger partial charge is 0.363 e. The van der Waals surface area contributed by atoms with E-state index in [1.165, 1.54) is 6.20 Å². The summed E-state index contributed by atoms with van der Waals surface area (Å²) < 4.78 is 5.30. The average Bonchev–Trinajstić information content (AvgIpc) is 2.33. The van der Waals surface area contributed by atoms with Gasteiger partial charge in [-0.1, -0.05) is 6.07 Å². The Morgan fingerprint density at radius 3 is 2.82 bits per heavy atom. The van der Waals surface area contributed by atoms with Gasteiger partial charge in [-0.3, -0.25) is 14.6 Å². The van der Waals surface area contributed by atoms with E-state index >= 15 is 0 Å². The van der Waals surface area contributed by atoms with Gasteiger partial charge in [-0.25, -0.2) is 0 Å². The first-order chi connectivity index (χ1) is 7.99. The second-order valence-corrected chi connectivity index (χ2v) is 4.42.